The highest BCUT2D eigenvalue weighted by Crippen LogP contribution is 2.57. The first-order valence-corrected chi connectivity index (χ1v) is 18.4. The zero-order valence-corrected chi connectivity index (χ0v) is 29.3. The zero-order valence-electron chi connectivity index (χ0n) is 23.9. The van der Waals surface area contributed by atoms with Crippen LogP contribution in [-0.2, 0) is 32.5 Å². The van der Waals surface area contributed by atoms with Gasteiger partial charge in [-0.2, -0.15) is 4.57 Å². The maximum atomic E-state index is 14.3. The molecule has 3 N–H and O–H groups in total. The number of rotatable bonds is 12. The Bertz CT molecular complexity index is 1040. The molecule has 0 spiro atoms. The van der Waals surface area contributed by atoms with Gasteiger partial charge >= 0.3 is 7.82 Å². The predicted molar refractivity (Wildman–Crippen MR) is 172 cm³/mol. The van der Waals surface area contributed by atoms with Crippen LogP contribution in [0.2, 0.25) is 0 Å². The molecule has 44 heavy (non-hydrogen) atoms. The van der Waals surface area contributed by atoms with Crippen LogP contribution in [0.15, 0.2) is 30.8 Å². The molecular formula is C27H36Cl6N3O7P. The number of phosphoric ester groups is 1. The second-order valence-corrected chi connectivity index (χ2v) is 15.2. The standard InChI is InChI=1S/C27H36Cl6N3O7P/c28-22(29)19(25(37)34-16-10-4-1-5-11-16)41-44(40,42-20(23(30)31)26(38)35-17-12-6-2-7-13-17)43-21(24(32)33)27(39)36-18-14-8-3-9-15-18/h16-18H,1-15H2,(H,34,37)(H,35,38)(H,36,39). The molecule has 0 atom stereocenters. The fourth-order valence-electron chi connectivity index (χ4n) is 5.37. The lowest BCUT2D eigenvalue weighted by atomic mass is 9.95. The highest BCUT2D eigenvalue weighted by Gasteiger charge is 2.43. The Balaban J connectivity index is 1.92. The quantitative estimate of drug-likeness (QED) is 0.103. The van der Waals surface area contributed by atoms with Crippen molar-refractivity contribution in [3.8, 4) is 0 Å². The fourth-order valence-corrected chi connectivity index (χ4v) is 7.74. The van der Waals surface area contributed by atoms with E-state index in [2.05, 4.69) is 16.0 Å². The van der Waals surface area contributed by atoms with Crippen molar-refractivity contribution in [2.75, 3.05) is 0 Å². The van der Waals surface area contributed by atoms with Crippen molar-refractivity contribution in [1.82, 2.24) is 16.0 Å². The average molecular weight is 758 g/mol. The molecule has 0 aromatic heterocycles. The monoisotopic (exact) mass is 755 g/mol. The summed E-state index contributed by atoms with van der Waals surface area (Å²) in [6, 6.07) is -0.689. The van der Waals surface area contributed by atoms with Crippen molar-refractivity contribution in [2.24, 2.45) is 0 Å². The number of hydrogen-bond acceptors (Lipinski definition) is 7. The highest BCUT2D eigenvalue weighted by atomic mass is 35.5. The van der Waals surface area contributed by atoms with Gasteiger partial charge in [0.2, 0.25) is 17.3 Å². The SMILES string of the molecule is O=C(NC1CCCCC1)C(OP(=O)(OC(C(=O)NC1CCCCC1)=C(Cl)Cl)OC(C(=O)NC1CCCCC1)=C(Cl)Cl)=C(Cl)Cl. The van der Waals surface area contributed by atoms with Gasteiger partial charge in [-0.25, -0.2) is 0 Å². The summed E-state index contributed by atoms with van der Waals surface area (Å²) in [6.45, 7) is 0. The van der Waals surface area contributed by atoms with Gasteiger partial charge in [-0.1, -0.05) is 127 Å². The molecule has 10 nitrogen and oxygen atoms in total. The molecule has 0 saturated heterocycles. The van der Waals surface area contributed by atoms with Gasteiger partial charge in [0.25, 0.3) is 17.7 Å². The van der Waals surface area contributed by atoms with Gasteiger partial charge in [0.1, 0.15) is 0 Å². The molecule has 0 aromatic rings. The third-order valence-corrected chi connectivity index (χ3v) is 9.81. The van der Waals surface area contributed by atoms with E-state index < -0.39 is 56.3 Å². The third-order valence-electron chi connectivity index (χ3n) is 7.56. The van der Waals surface area contributed by atoms with Crippen LogP contribution in [0.1, 0.15) is 96.3 Å². The summed E-state index contributed by atoms with van der Waals surface area (Å²) in [6.07, 6.45) is 12.5. The van der Waals surface area contributed by atoms with Gasteiger partial charge in [-0.3, -0.25) is 14.4 Å². The van der Waals surface area contributed by atoms with Crippen molar-refractivity contribution < 1.29 is 32.5 Å². The van der Waals surface area contributed by atoms with Crippen LogP contribution in [-0.4, -0.2) is 35.8 Å². The van der Waals surface area contributed by atoms with Gasteiger partial charge in [-0.05, 0) is 38.5 Å². The number of carbonyl (C=O) groups is 3. The smallest absolute Gasteiger partial charge is 0.377 e. The van der Waals surface area contributed by atoms with Crippen molar-refractivity contribution in [2.45, 2.75) is 114 Å². The second kappa shape index (κ2) is 18.4. The van der Waals surface area contributed by atoms with Crippen LogP contribution < -0.4 is 16.0 Å². The number of amides is 3. The largest absolute Gasteiger partial charge is 0.647 e. The van der Waals surface area contributed by atoms with E-state index in [4.69, 9.17) is 83.2 Å². The summed E-state index contributed by atoms with van der Waals surface area (Å²) >= 11 is 35.9. The van der Waals surface area contributed by atoms with Gasteiger partial charge < -0.3 is 29.5 Å². The van der Waals surface area contributed by atoms with Crippen LogP contribution in [0.4, 0.5) is 0 Å². The van der Waals surface area contributed by atoms with Crippen molar-refractivity contribution in [1.29, 1.82) is 0 Å². The molecule has 3 saturated carbocycles. The van der Waals surface area contributed by atoms with E-state index in [0.717, 1.165) is 57.8 Å². The van der Waals surface area contributed by atoms with Crippen LogP contribution in [0.5, 0.6) is 0 Å². The highest BCUT2D eigenvalue weighted by molar-refractivity contribution is 7.49. The zero-order chi connectivity index (χ0) is 32.3. The molecular weight excluding hydrogens is 722 g/mol. The lowest BCUT2D eigenvalue weighted by Crippen LogP contribution is -2.39. The average Bonchev–Trinajstić information content (AvgIpc) is 2.98. The Morgan fingerprint density at radius 2 is 0.682 bits per heavy atom. The van der Waals surface area contributed by atoms with E-state index in [1.54, 1.807) is 0 Å². The van der Waals surface area contributed by atoms with Crippen molar-refractivity contribution in [3.05, 3.63) is 30.8 Å². The maximum absolute atomic E-state index is 14.3. The fraction of sp³-hybridized carbons (Fsp3) is 0.667. The van der Waals surface area contributed by atoms with Crippen molar-refractivity contribution >= 4 is 95.1 Å². The summed E-state index contributed by atoms with van der Waals surface area (Å²) in [5, 5.41) is 8.16. The van der Waals surface area contributed by atoms with Gasteiger partial charge in [0.15, 0.2) is 13.5 Å². The van der Waals surface area contributed by atoms with E-state index in [1.807, 2.05) is 0 Å². The molecule has 3 aliphatic carbocycles. The van der Waals surface area contributed by atoms with Gasteiger partial charge in [-0.15, -0.1) is 0 Å². The third kappa shape index (κ3) is 12.0. The predicted octanol–water partition coefficient (Wildman–Crippen LogP) is 8.43. The van der Waals surface area contributed by atoms with E-state index in [1.165, 1.54) is 0 Å². The minimum absolute atomic E-state index is 0.230. The second-order valence-electron chi connectivity index (χ2n) is 10.9. The summed E-state index contributed by atoms with van der Waals surface area (Å²) in [5.74, 6) is -5.40. The minimum atomic E-state index is -5.33. The van der Waals surface area contributed by atoms with Crippen LogP contribution >= 0.6 is 77.4 Å². The molecule has 3 aliphatic rings. The first-order chi connectivity index (χ1) is 20.9. The first kappa shape index (κ1) is 37.5. The molecule has 3 fully saturated rings. The lowest BCUT2D eigenvalue weighted by molar-refractivity contribution is -0.121. The topological polar surface area (TPSA) is 132 Å². The molecule has 0 aliphatic heterocycles. The van der Waals surface area contributed by atoms with Crippen LogP contribution in [0, 0.1) is 0 Å². The molecule has 0 unspecified atom stereocenters. The normalized spacial score (nSPS) is 18.3. The Labute approximate surface area is 287 Å². The lowest BCUT2D eigenvalue weighted by Gasteiger charge is -2.27. The molecule has 17 heteroatoms. The summed E-state index contributed by atoms with van der Waals surface area (Å²) in [5.41, 5.74) is 0. The molecule has 0 heterocycles. The van der Waals surface area contributed by atoms with E-state index in [0.29, 0.717) is 38.5 Å². The summed E-state index contributed by atoms with van der Waals surface area (Å²) in [4.78, 5) is 39.5. The maximum Gasteiger partial charge on any atom is 0.647 e. The molecule has 3 rings (SSSR count). The summed E-state index contributed by atoms with van der Waals surface area (Å²) < 4.78 is 28.3. The number of hydrogen-bond donors (Lipinski definition) is 3. The van der Waals surface area contributed by atoms with E-state index in [-0.39, 0.29) is 18.1 Å². The molecule has 248 valence electrons. The number of nitrogens with one attached hydrogen (secondary N) is 3. The van der Waals surface area contributed by atoms with Crippen LogP contribution in [0.25, 0.3) is 0 Å². The summed E-state index contributed by atoms with van der Waals surface area (Å²) in [7, 11) is -5.33. The van der Waals surface area contributed by atoms with Crippen molar-refractivity contribution in [3.63, 3.8) is 0 Å². The van der Waals surface area contributed by atoms with Gasteiger partial charge in [0, 0.05) is 18.1 Å². The number of halogens is 6. The Hall–Kier alpha value is -1.000. The molecule has 0 aromatic carbocycles. The first-order valence-electron chi connectivity index (χ1n) is 14.7. The number of carbonyl (C=O) groups excluding carboxylic acids is 3. The van der Waals surface area contributed by atoms with E-state index >= 15 is 0 Å². The Morgan fingerprint density at radius 1 is 0.455 bits per heavy atom. The number of phosphoric acid groups is 1. The van der Waals surface area contributed by atoms with Crippen LogP contribution in [0.3, 0.4) is 0 Å². The molecule has 3 amide bonds. The van der Waals surface area contributed by atoms with E-state index in [9.17, 15) is 18.9 Å². The Morgan fingerprint density at radius 3 is 0.886 bits per heavy atom. The van der Waals surface area contributed by atoms with Gasteiger partial charge in [0.05, 0.1) is 0 Å². The Kier molecular flexibility index (Phi) is 15.6. The molecule has 0 bridgehead atoms. The minimum Gasteiger partial charge on any atom is -0.377 e. The molecule has 0 radical (unpaired) electrons.